The van der Waals surface area contributed by atoms with Crippen LogP contribution in [-0.2, 0) is 22.9 Å². The minimum absolute atomic E-state index is 0. The predicted molar refractivity (Wildman–Crippen MR) is 121 cm³/mol. The maximum absolute atomic E-state index is 11.3. The molecule has 2 N–H and O–H groups in total. The number of benzene rings is 1. The predicted octanol–water partition coefficient (Wildman–Crippen LogP) is 2.24. The molecular weight excluding hydrogens is 463 g/mol. The zero-order valence-corrected chi connectivity index (χ0v) is 19.6. The fraction of sp³-hybridized carbons (Fsp3) is 0.611. The number of nitrogens with one attached hydrogen (secondary N) is 2. The Bertz CT molecular complexity index is 663. The van der Waals surface area contributed by atoms with Gasteiger partial charge in [0.1, 0.15) is 9.84 Å². The van der Waals surface area contributed by atoms with Gasteiger partial charge in [0, 0.05) is 25.4 Å². The molecule has 0 aliphatic carbocycles. The highest BCUT2D eigenvalue weighted by Crippen LogP contribution is 2.08. The van der Waals surface area contributed by atoms with Crippen molar-refractivity contribution < 1.29 is 8.42 Å². The van der Waals surface area contributed by atoms with Crippen molar-refractivity contribution in [2.75, 3.05) is 32.6 Å². The maximum atomic E-state index is 11.3. The number of aliphatic imine (C=N–C) groups is 1. The zero-order chi connectivity index (χ0) is 18.9. The van der Waals surface area contributed by atoms with Gasteiger partial charge in [0.2, 0.25) is 0 Å². The Morgan fingerprint density at radius 2 is 1.92 bits per heavy atom. The van der Waals surface area contributed by atoms with E-state index < -0.39 is 9.84 Å². The zero-order valence-electron chi connectivity index (χ0n) is 16.4. The number of rotatable bonds is 9. The number of sulfone groups is 1. The molecule has 6 nitrogen and oxygen atoms in total. The normalized spacial score (nSPS) is 13.2. The second kappa shape index (κ2) is 12.5. The fourth-order valence-corrected chi connectivity index (χ4v) is 3.16. The van der Waals surface area contributed by atoms with E-state index in [1.54, 1.807) is 0 Å². The highest BCUT2D eigenvalue weighted by atomic mass is 127. The van der Waals surface area contributed by atoms with Gasteiger partial charge in [-0.25, -0.2) is 13.4 Å². The molecule has 1 atom stereocenters. The molecule has 1 unspecified atom stereocenters. The smallest absolute Gasteiger partial charge is 0.191 e. The molecule has 0 aliphatic rings. The van der Waals surface area contributed by atoms with Crippen LogP contribution >= 0.6 is 24.0 Å². The van der Waals surface area contributed by atoms with Crippen molar-refractivity contribution in [3.8, 4) is 0 Å². The molecule has 0 aliphatic heterocycles. The number of guanidine groups is 1. The summed E-state index contributed by atoms with van der Waals surface area (Å²) in [5.41, 5.74) is 2.41. The van der Waals surface area contributed by atoms with Crippen LogP contribution in [0.2, 0.25) is 0 Å². The van der Waals surface area contributed by atoms with Crippen molar-refractivity contribution in [3.05, 3.63) is 35.4 Å². The van der Waals surface area contributed by atoms with Gasteiger partial charge in [0.15, 0.2) is 5.96 Å². The van der Waals surface area contributed by atoms with Gasteiger partial charge < -0.3 is 15.5 Å². The van der Waals surface area contributed by atoms with E-state index in [0.717, 1.165) is 18.7 Å². The summed E-state index contributed by atoms with van der Waals surface area (Å²) in [6.45, 7) is 6.21. The van der Waals surface area contributed by atoms with Gasteiger partial charge in [-0.15, -0.1) is 24.0 Å². The van der Waals surface area contributed by atoms with Gasteiger partial charge >= 0.3 is 0 Å². The lowest BCUT2D eigenvalue weighted by atomic mass is 10.1. The maximum Gasteiger partial charge on any atom is 0.191 e. The van der Waals surface area contributed by atoms with E-state index in [4.69, 9.17) is 0 Å². The molecule has 8 heteroatoms. The third kappa shape index (κ3) is 11.7. The minimum atomic E-state index is -2.94. The summed E-state index contributed by atoms with van der Waals surface area (Å²) in [6, 6.07) is 8.44. The summed E-state index contributed by atoms with van der Waals surface area (Å²) >= 11 is 0. The number of hydrogen-bond acceptors (Lipinski definition) is 4. The van der Waals surface area contributed by atoms with E-state index in [0.29, 0.717) is 18.9 Å². The second-order valence-electron chi connectivity index (χ2n) is 6.72. The lowest BCUT2D eigenvalue weighted by Gasteiger charge is -2.17. The van der Waals surface area contributed by atoms with E-state index in [-0.39, 0.29) is 35.8 Å². The first-order valence-electron chi connectivity index (χ1n) is 8.64. The molecule has 0 spiro atoms. The van der Waals surface area contributed by atoms with Crippen LogP contribution in [0.15, 0.2) is 29.3 Å². The lowest BCUT2D eigenvalue weighted by molar-refractivity contribution is 0.402. The van der Waals surface area contributed by atoms with Gasteiger partial charge in [-0.1, -0.05) is 24.3 Å². The summed E-state index contributed by atoms with van der Waals surface area (Å²) in [5.74, 6) is 0.883. The first-order chi connectivity index (χ1) is 11.7. The molecule has 26 heavy (non-hydrogen) atoms. The monoisotopic (exact) mass is 496 g/mol. The molecule has 0 bridgehead atoms. The summed E-state index contributed by atoms with van der Waals surface area (Å²) in [4.78, 5) is 6.76. The van der Waals surface area contributed by atoms with Crippen LogP contribution < -0.4 is 10.6 Å². The Balaban J connectivity index is 0.00000625. The van der Waals surface area contributed by atoms with Crippen molar-refractivity contribution in [2.24, 2.45) is 4.99 Å². The topological polar surface area (TPSA) is 73.8 Å². The molecule has 0 radical (unpaired) electrons. The van der Waals surface area contributed by atoms with Crippen LogP contribution in [0.4, 0.5) is 0 Å². The average Bonchev–Trinajstić information content (AvgIpc) is 2.50. The Labute approximate surface area is 175 Å². The van der Waals surface area contributed by atoms with Crippen LogP contribution in [0.25, 0.3) is 0 Å². The Kier molecular flexibility index (Phi) is 12.1. The highest BCUT2D eigenvalue weighted by Gasteiger charge is 2.09. The molecule has 150 valence electrons. The molecule has 1 rings (SSSR count). The minimum Gasteiger partial charge on any atom is -0.357 e. The molecule has 1 aromatic rings. The van der Waals surface area contributed by atoms with E-state index >= 15 is 0 Å². The molecular formula is C18H33IN4O2S. The van der Waals surface area contributed by atoms with Crippen LogP contribution in [0.1, 0.15) is 31.4 Å². The summed E-state index contributed by atoms with van der Waals surface area (Å²) in [7, 11) is 1.16. The Morgan fingerprint density at radius 3 is 2.50 bits per heavy atom. The van der Waals surface area contributed by atoms with Crippen LogP contribution in [0.3, 0.4) is 0 Å². The lowest BCUT2D eigenvalue weighted by Crippen LogP contribution is -2.42. The van der Waals surface area contributed by atoms with Crippen LogP contribution in [0.5, 0.6) is 0 Å². The molecule has 0 saturated heterocycles. The van der Waals surface area contributed by atoms with Crippen LogP contribution in [-0.4, -0.2) is 58.0 Å². The van der Waals surface area contributed by atoms with Crippen molar-refractivity contribution in [1.82, 2.24) is 15.5 Å². The standard InChI is InChI=1S/C18H32N4O2S.HI/c1-6-19-18(21-15(2)10-11-25(5,23)24)20-13-16-8-7-9-17(12-16)14-22(3)4;/h7-9,12,15H,6,10-11,13-14H2,1-5H3,(H2,19,20,21);1H. The third-order valence-electron chi connectivity index (χ3n) is 3.56. The number of nitrogens with zero attached hydrogens (tertiary/aromatic N) is 2. The van der Waals surface area contributed by atoms with E-state index in [1.807, 2.05) is 13.8 Å². The van der Waals surface area contributed by atoms with E-state index in [9.17, 15) is 8.42 Å². The summed E-state index contributed by atoms with van der Waals surface area (Å²) in [6.07, 6.45) is 1.82. The molecule has 0 saturated carbocycles. The second-order valence-corrected chi connectivity index (χ2v) is 8.98. The average molecular weight is 496 g/mol. The Morgan fingerprint density at radius 1 is 1.27 bits per heavy atom. The largest absolute Gasteiger partial charge is 0.357 e. The van der Waals surface area contributed by atoms with Gasteiger partial charge in [-0.2, -0.15) is 0 Å². The highest BCUT2D eigenvalue weighted by molar-refractivity contribution is 14.0. The van der Waals surface area contributed by atoms with Crippen molar-refractivity contribution in [3.63, 3.8) is 0 Å². The number of hydrogen-bond donors (Lipinski definition) is 2. The van der Waals surface area contributed by atoms with Crippen molar-refractivity contribution >= 4 is 39.8 Å². The van der Waals surface area contributed by atoms with Crippen LogP contribution in [0, 0.1) is 0 Å². The summed E-state index contributed by atoms with van der Waals surface area (Å²) in [5, 5.41) is 6.48. The van der Waals surface area contributed by atoms with E-state index in [2.05, 4.69) is 58.9 Å². The summed E-state index contributed by atoms with van der Waals surface area (Å²) < 4.78 is 22.6. The van der Waals surface area contributed by atoms with E-state index in [1.165, 1.54) is 11.8 Å². The fourth-order valence-electron chi connectivity index (χ4n) is 2.38. The SMILES string of the molecule is CCNC(=NCc1cccc(CN(C)C)c1)NC(C)CCS(C)(=O)=O.I. The van der Waals surface area contributed by atoms with Gasteiger partial charge in [0.05, 0.1) is 12.3 Å². The quantitative estimate of drug-likeness (QED) is 0.312. The van der Waals surface area contributed by atoms with Gasteiger partial charge in [-0.3, -0.25) is 0 Å². The molecule has 0 fully saturated rings. The Hall–Kier alpha value is -0.870. The molecule has 0 amide bonds. The van der Waals surface area contributed by atoms with Crippen molar-refractivity contribution in [1.29, 1.82) is 0 Å². The molecule has 0 aromatic heterocycles. The first kappa shape index (κ1) is 25.1. The first-order valence-corrected chi connectivity index (χ1v) is 10.7. The van der Waals surface area contributed by atoms with Crippen molar-refractivity contribution in [2.45, 2.75) is 39.4 Å². The molecule has 1 aromatic carbocycles. The third-order valence-corrected chi connectivity index (χ3v) is 4.54. The van der Waals surface area contributed by atoms with Gasteiger partial charge in [-0.05, 0) is 45.5 Å². The number of halogens is 1. The van der Waals surface area contributed by atoms with Gasteiger partial charge in [0.25, 0.3) is 0 Å². The molecule has 0 heterocycles.